The minimum Gasteiger partial charge on any atom is -0.285 e. The van der Waals surface area contributed by atoms with Gasteiger partial charge in [0, 0.05) is 0 Å². The zero-order chi connectivity index (χ0) is 13.5. The van der Waals surface area contributed by atoms with Gasteiger partial charge in [0.1, 0.15) is 5.75 Å². The van der Waals surface area contributed by atoms with E-state index in [1.54, 1.807) is 30.3 Å². The van der Waals surface area contributed by atoms with Crippen LogP contribution in [-0.4, -0.2) is 31.9 Å². The molecule has 0 spiro atoms. The molecule has 0 aliphatic rings. The molecule has 98 valence electrons. The summed E-state index contributed by atoms with van der Waals surface area (Å²) in [6.07, 6.45) is 0. The third kappa shape index (κ3) is 11.2. The smallest absolute Gasteiger partial charge is 0.285 e. The van der Waals surface area contributed by atoms with E-state index in [1.165, 1.54) is 0 Å². The van der Waals surface area contributed by atoms with Gasteiger partial charge in [0.2, 0.25) is 6.01 Å². The summed E-state index contributed by atoms with van der Waals surface area (Å²) < 4.78 is 65.6. The zero-order valence-electron chi connectivity index (χ0n) is 8.52. The molecule has 0 aliphatic heterocycles. The van der Waals surface area contributed by atoms with Crippen molar-refractivity contribution in [3.63, 3.8) is 0 Å². The second kappa shape index (κ2) is 6.64. The number of hydrogen-bond donors (Lipinski definition) is 2. The molecule has 9 heteroatoms. The summed E-state index contributed by atoms with van der Waals surface area (Å²) in [6.45, 7) is 0. The van der Waals surface area contributed by atoms with Crippen LogP contribution < -0.4 is 0 Å². The summed E-state index contributed by atoms with van der Waals surface area (Å²) in [4.78, 5) is 0. The van der Waals surface area contributed by atoms with E-state index in [0.29, 0.717) is 5.56 Å². The molecular weight excluding hydrogens is 275 g/mol. The summed E-state index contributed by atoms with van der Waals surface area (Å²) >= 11 is 0. The highest BCUT2D eigenvalue weighted by Crippen LogP contribution is 2.02. The van der Waals surface area contributed by atoms with Crippen LogP contribution in [0.5, 0.6) is 0 Å². The van der Waals surface area contributed by atoms with Gasteiger partial charge in [-0.2, -0.15) is 16.8 Å². The highest BCUT2D eigenvalue weighted by molar-refractivity contribution is 7.85. The van der Waals surface area contributed by atoms with Crippen LogP contribution in [0.15, 0.2) is 30.3 Å². The van der Waals surface area contributed by atoms with Gasteiger partial charge in [0.15, 0.2) is 0 Å². The van der Waals surface area contributed by atoms with Gasteiger partial charge >= 0.3 is 0 Å². The van der Waals surface area contributed by atoms with Crippen LogP contribution in [0.25, 0.3) is 0 Å². The van der Waals surface area contributed by atoms with E-state index in [-0.39, 0.29) is 5.75 Å². The minimum absolute atomic E-state index is 0.312. The van der Waals surface area contributed by atoms with Gasteiger partial charge in [0.25, 0.3) is 20.2 Å². The van der Waals surface area contributed by atoms with Gasteiger partial charge in [-0.25, -0.2) is 4.39 Å². The summed E-state index contributed by atoms with van der Waals surface area (Å²) in [5.41, 5.74) is 0.593. The molecule has 0 amide bonds. The lowest BCUT2D eigenvalue weighted by Crippen LogP contribution is -2.00. The first kappa shape index (κ1) is 16.0. The molecule has 1 aromatic carbocycles. The molecule has 0 radical (unpaired) electrons. The van der Waals surface area contributed by atoms with Crippen molar-refractivity contribution in [2.24, 2.45) is 0 Å². The van der Waals surface area contributed by atoms with Crippen molar-refractivity contribution >= 4 is 20.2 Å². The second-order valence-electron chi connectivity index (χ2n) is 2.90. The number of benzene rings is 1. The Balaban J connectivity index is 0.000000366. The van der Waals surface area contributed by atoms with Gasteiger partial charge < -0.3 is 0 Å². The maximum Gasteiger partial charge on any atom is 0.294 e. The van der Waals surface area contributed by atoms with Crippen LogP contribution in [0.1, 0.15) is 5.56 Å². The lowest BCUT2D eigenvalue weighted by molar-refractivity contribution is 0.447. The molecule has 17 heavy (non-hydrogen) atoms. The van der Waals surface area contributed by atoms with E-state index in [1.807, 2.05) is 0 Å². The molecule has 0 saturated heterocycles. The van der Waals surface area contributed by atoms with Gasteiger partial charge in [-0.15, -0.1) is 0 Å². The third-order valence-corrected chi connectivity index (χ3v) is 2.30. The Labute approximate surface area is 98.6 Å². The van der Waals surface area contributed by atoms with Crippen molar-refractivity contribution in [2.45, 2.75) is 5.75 Å². The average molecular weight is 286 g/mol. The predicted octanol–water partition coefficient (Wildman–Crippen LogP) is 0.876. The van der Waals surface area contributed by atoms with Crippen molar-refractivity contribution in [1.82, 2.24) is 0 Å². The molecule has 0 unspecified atom stereocenters. The Hall–Kier alpha value is -1.03. The fourth-order valence-electron chi connectivity index (χ4n) is 0.785. The third-order valence-electron chi connectivity index (χ3n) is 1.33. The van der Waals surface area contributed by atoms with Crippen molar-refractivity contribution < 1.29 is 30.3 Å². The maximum atomic E-state index is 10.7. The fourth-order valence-corrected chi connectivity index (χ4v) is 1.40. The lowest BCUT2D eigenvalue weighted by Gasteiger charge is -1.95. The van der Waals surface area contributed by atoms with Crippen molar-refractivity contribution in [3.05, 3.63) is 35.9 Å². The first-order valence-corrected chi connectivity index (χ1v) is 7.36. The van der Waals surface area contributed by atoms with E-state index >= 15 is 0 Å². The Morgan fingerprint density at radius 2 is 1.35 bits per heavy atom. The Kier molecular flexibility index (Phi) is 6.24. The molecule has 1 aromatic rings. The molecule has 6 nitrogen and oxygen atoms in total. The fraction of sp³-hybridized carbons (Fsp3) is 0.250. The second-order valence-corrected chi connectivity index (χ2v) is 5.74. The van der Waals surface area contributed by atoms with Crippen LogP contribution in [0.3, 0.4) is 0 Å². The number of halogens is 1. The standard InChI is InChI=1S/C7H8O3S.CH3FO3S/c8-11(9,10)6-7-4-2-1-3-5-7;2-1-6(3,4)5/h1-5H,6H2,(H,8,9,10);1H2,(H,3,4,5). The van der Waals surface area contributed by atoms with Gasteiger partial charge in [-0.1, -0.05) is 30.3 Å². The van der Waals surface area contributed by atoms with E-state index < -0.39 is 26.2 Å². The largest absolute Gasteiger partial charge is 0.294 e. The molecule has 0 aliphatic carbocycles. The molecule has 1 rings (SSSR count). The summed E-state index contributed by atoms with van der Waals surface area (Å²) in [6, 6.07) is 6.82. The molecule has 0 fully saturated rings. The zero-order valence-corrected chi connectivity index (χ0v) is 10.2. The molecule has 0 bridgehead atoms. The molecule has 2 N–H and O–H groups in total. The van der Waals surface area contributed by atoms with E-state index in [0.717, 1.165) is 0 Å². The van der Waals surface area contributed by atoms with Crippen molar-refractivity contribution in [3.8, 4) is 0 Å². The number of hydrogen-bond acceptors (Lipinski definition) is 4. The van der Waals surface area contributed by atoms with Crippen LogP contribution >= 0.6 is 0 Å². The maximum absolute atomic E-state index is 10.7. The molecular formula is C8H11FO6S2. The lowest BCUT2D eigenvalue weighted by atomic mass is 10.2. The average Bonchev–Trinajstić information content (AvgIpc) is 2.16. The van der Waals surface area contributed by atoms with Crippen LogP contribution in [0.2, 0.25) is 0 Å². The van der Waals surface area contributed by atoms with Crippen LogP contribution in [-0.2, 0) is 26.0 Å². The number of alkyl halides is 1. The molecule has 0 aromatic heterocycles. The Morgan fingerprint density at radius 3 is 1.65 bits per heavy atom. The summed E-state index contributed by atoms with van der Waals surface area (Å²) in [5.74, 6) is -0.312. The van der Waals surface area contributed by atoms with Crippen molar-refractivity contribution in [1.29, 1.82) is 0 Å². The normalized spacial score (nSPS) is 11.5. The molecule has 0 saturated carbocycles. The highest BCUT2D eigenvalue weighted by Gasteiger charge is 2.04. The van der Waals surface area contributed by atoms with Crippen LogP contribution in [0, 0.1) is 0 Å². The quantitative estimate of drug-likeness (QED) is 0.798. The molecule has 0 atom stereocenters. The Morgan fingerprint density at radius 1 is 0.941 bits per heavy atom. The predicted molar refractivity (Wildman–Crippen MR) is 59.2 cm³/mol. The summed E-state index contributed by atoms with van der Waals surface area (Å²) in [7, 11) is -8.21. The van der Waals surface area contributed by atoms with Gasteiger partial charge in [-0.3, -0.25) is 9.11 Å². The van der Waals surface area contributed by atoms with Crippen LogP contribution in [0.4, 0.5) is 4.39 Å². The monoisotopic (exact) mass is 286 g/mol. The van der Waals surface area contributed by atoms with E-state index in [4.69, 9.17) is 9.11 Å². The minimum atomic E-state index is -4.33. The Bertz CT molecular complexity index is 522. The molecule has 0 heterocycles. The number of rotatable bonds is 3. The topological polar surface area (TPSA) is 109 Å². The van der Waals surface area contributed by atoms with Crippen molar-refractivity contribution in [2.75, 3.05) is 6.01 Å². The first-order valence-electron chi connectivity index (χ1n) is 4.14. The summed E-state index contributed by atoms with van der Waals surface area (Å²) in [5, 5.41) is 0. The first-order chi connectivity index (χ1) is 7.64. The van der Waals surface area contributed by atoms with E-state index in [2.05, 4.69) is 0 Å². The highest BCUT2D eigenvalue weighted by atomic mass is 32.2. The SMILES string of the molecule is O=S(=O)(O)CF.O=S(=O)(O)Cc1ccccc1. The van der Waals surface area contributed by atoms with Gasteiger partial charge in [-0.05, 0) is 5.56 Å². The van der Waals surface area contributed by atoms with Gasteiger partial charge in [0.05, 0.1) is 0 Å². The van der Waals surface area contributed by atoms with E-state index in [9.17, 15) is 21.2 Å².